The average Bonchev–Trinajstić information content (AvgIpc) is 1.97. The molecule has 0 aliphatic heterocycles. The van der Waals surface area contributed by atoms with Gasteiger partial charge in [0.15, 0.2) is 0 Å². The molecule has 0 N–H and O–H groups in total. The Kier molecular flexibility index (Phi) is 7.13. The van der Waals surface area contributed by atoms with Crippen molar-refractivity contribution in [2.24, 2.45) is 0 Å². The molecule has 0 aromatic rings. The monoisotopic (exact) mass is 134 g/mol. The maximum Gasteiger partial charge on any atom is -0.0376 e. The van der Waals surface area contributed by atoms with E-state index in [1.165, 1.54) is 0 Å². The largest absolute Gasteiger partial charge is 0.0991 e. The molecule has 0 heteroatoms. The van der Waals surface area contributed by atoms with Gasteiger partial charge >= 0.3 is 0 Å². The molecule has 0 bridgehead atoms. The first-order chi connectivity index (χ1) is 4.91. The second-order valence-electron chi connectivity index (χ2n) is 1.84. The van der Waals surface area contributed by atoms with Crippen molar-refractivity contribution in [3.63, 3.8) is 0 Å². The highest BCUT2D eigenvalue weighted by Gasteiger charge is 1.61. The van der Waals surface area contributed by atoms with Gasteiger partial charge in [0.25, 0.3) is 0 Å². The molecule has 0 atom stereocenters. The van der Waals surface area contributed by atoms with E-state index in [9.17, 15) is 0 Å². The van der Waals surface area contributed by atoms with Gasteiger partial charge in [-0.3, -0.25) is 0 Å². The number of rotatable bonds is 4. The lowest BCUT2D eigenvalue weighted by atomic mass is 10.3. The molecular weight excluding hydrogens is 120 g/mol. The highest BCUT2D eigenvalue weighted by molar-refractivity contribution is 5.13. The van der Waals surface area contributed by atoms with Gasteiger partial charge in [-0.25, -0.2) is 0 Å². The van der Waals surface area contributed by atoms with E-state index in [-0.39, 0.29) is 0 Å². The topological polar surface area (TPSA) is 0 Å². The second kappa shape index (κ2) is 7.96. The van der Waals surface area contributed by atoms with Crippen molar-refractivity contribution in [2.75, 3.05) is 0 Å². The van der Waals surface area contributed by atoms with Gasteiger partial charge in [0.05, 0.1) is 0 Å². The molecule has 0 aliphatic carbocycles. The minimum Gasteiger partial charge on any atom is -0.0991 e. The second-order valence-corrected chi connectivity index (χ2v) is 1.84. The van der Waals surface area contributed by atoms with Gasteiger partial charge in [0.2, 0.25) is 0 Å². The summed E-state index contributed by atoms with van der Waals surface area (Å²) in [4.78, 5) is 0. The summed E-state index contributed by atoms with van der Waals surface area (Å²) in [5.41, 5.74) is 0. The van der Waals surface area contributed by atoms with Crippen molar-refractivity contribution in [3.05, 3.63) is 49.1 Å². The Bertz CT molecular complexity index is 147. The molecule has 10 heavy (non-hydrogen) atoms. The van der Waals surface area contributed by atoms with Crippen LogP contribution in [0.25, 0.3) is 0 Å². The van der Waals surface area contributed by atoms with Gasteiger partial charge in [-0.05, 0) is 6.42 Å². The standard InChI is InChI=1S/C10H14/c1-3-5-7-9-10-8-6-4-2/h3,5-10H,1,4H2,2H3. The molecule has 0 spiro atoms. The van der Waals surface area contributed by atoms with Crippen molar-refractivity contribution >= 4 is 0 Å². The van der Waals surface area contributed by atoms with E-state index in [1.54, 1.807) is 6.08 Å². The molecule has 54 valence electrons. The Balaban J connectivity index is 3.46. The van der Waals surface area contributed by atoms with Gasteiger partial charge in [-0.15, -0.1) is 0 Å². The molecule has 0 amide bonds. The molecule has 0 aromatic carbocycles. The Morgan fingerprint density at radius 3 is 2.20 bits per heavy atom. The summed E-state index contributed by atoms with van der Waals surface area (Å²) >= 11 is 0. The van der Waals surface area contributed by atoms with E-state index < -0.39 is 0 Å². The van der Waals surface area contributed by atoms with Crippen LogP contribution in [-0.2, 0) is 0 Å². The third-order valence-corrected chi connectivity index (χ3v) is 0.952. The molecule has 0 aromatic heterocycles. The molecule has 0 radical (unpaired) electrons. The number of allylic oxidation sites excluding steroid dienone is 7. The lowest BCUT2D eigenvalue weighted by Crippen LogP contribution is -1.51. The van der Waals surface area contributed by atoms with Crippen LogP contribution in [0.5, 0.6) is 0 Å². The highest BCUT2D eigenvalue weighted by Crippen LogP contribution is 1.82. The fourth-order valence-corrected chi connectivity index (χ4v) is 0.486. The lowest BCUT2D eigenvalue weighted by molar-refractivity contribution is 1.22. The minimum absolute atomic E-state index is 1.09. The molecule has 0 rings (SSSR count). The predicted octanol–water partition coefficient (Wildman–Crippen LogP) is 3.25. The maximum absolute atomic E-state index is 3.56. The first kappa shape index (κ1) is 8.96. The van der Waals surface area contributed by atoms with E-state index in [1.807, 2.05) is 30.4 Å². The molecule has 0 nitrogen and oxygen atoms in total. The van der Waals surface area contributed by atoms with Crippen LogP contribution in [0.2, 0.25) is 0 Å². The summed E-state index contributed by atoms with van der Waals surface area (Å²) in [6, 6.07) is 0. The predicted molar refractivity (Wildman–Crippen MR) is 47.9 cm³/mol. The quantitative estimate of drug-likeness (QED) is 0.518. The summed E-state index contributed by atoms with van der Waals surface area (Å²) < 4.78 is 0. The van der Waals surface area contributed by atoms with E-state index in [0.29, 0.717) is 0 Å². The fourth-order valence-electron chi connectivity index (χ4n) is 0.486. The Morgan fingerprint density at radius 1 is 1.00 bits per heavy atom. The van der Waals surface area contributed by atoms with E-state index in [4.69, 9.17) is 0 Å². The van der Waals surface area contributed by atoms with Gasteiger partial charge in [0.1, 0.15) is 0 Å². The van der Waals surface area contributed by atoms with E-state index in [2.05, 4.69) is 19.6 Å². The Labute approximate surface area is 63.3 Å². The van der Waals surface area contributed by atoms with Crippen molar-refractivity contribution in [1.29, 1.82) is 0 Å². The van der Waals surface area contributed by atoms with Crippen LogP contribution in [0, 0.1) is 0 Å². The van der Waals surface area contributed by atoms with Crippen molar-refractivity contribution in [1.82, 2.24) is 0 Å². The normalized spacial score (nSPS) is 12.1. The van der Waals surface area contributed by atoms with Crippen LogP contribution in [0.3, 0.4) is 0 Å². The van der Waals surface area contributed by atoms with Crippen molar-refractivity contribution in [2.45, 2.75) is 13.3 Å². The van der Waals surface area contributed by atoms with Gasteiger partial charge in [-0.2, -0.15) is 0 Å². The number of hydrogen-bond donors (Lipinski definition) is 0. The first-order valence-electron chi connectivity index (χ1n) is 3.52. The highest BCUT2D eigenvalue weighted by atomic mass is 13.7. The third-order valence-electron chi connectivity index (χ3n) is 0.952. The van der Waals surface area contributed by atoms with Crippen LogP contribution in [-0.4, -0.2) is 0 Å². The SMILES string of the molecule is C=CC=CC=CC=CCC. The van der Waals surface area contributed by atoms with Gasteiger partial charge in [0, 0.05) is 0 Å². The van der Waals surface area contributed by atoms with E-state index >= 15 is 0 Å². The van der Waals surface area contributed by atoms with Gasteiger partial charge < -0.3 is 0 Å². The summed E-state index contributed by atoms with van der Waals surface area (Å²) in [5, 5.41) is 0. The Morgan fingerprint density at radius 2 is 1.60 bits per heavy atom. The smallest absolute Gasteiger partial charge is 0.0376 e. The van der Waals surface area contributed by atoms with Crippen molar-refractivity contribution in [3.8, 4) is 0 Å². The van der Waals surface area contributed by atoms with E-state index in [0.717, 1.165) is 6.42 Å². The molecular formula is C10H14. The first-order valence-corrected chi connectivity index (χ1v) is 3.52. The molecule has 0 heterocycles. The zero-order valence-corrected chi connectivity index (χ0v) is 6.46. The number of hydrogen-bond acceptors (Lipinski definition) is 0. The molecule has 0 fully saturated rings. The van der Waals surface area contributed by atoms with Crippen LogP contribution >= 0.6 is 0 Å². The molecule has 0 aliphatic rings. The fraction of sp³-hybridized carbons (Fsp3) is 0.200. The molecule has 0 saturated carbocycles. The van der Waals surface area contributed by atoms with Crippen molar-refractivity contribution < 1.29 is 0 Å². The Hall–Kier alpha value is -1.04. The van der Waals surface area contributed by atoms with Crippen LogP contribution in [0.1, 0.15) is 13.3 Å². The lowest BCUT2D eigenvalue weighted by Gasteiger charge is -1.73. The summed E-state index contributed by atoms with van der Waals surface area (Å²) in [7, 11) is 0. The zero-order chi connectivity index (χ0) is 7.66. The van der Waals surface area contributed by atoms with Gasteiger partial charge in [-0.1, -0.05) is 56.0 Å². The van der Waals surface area contributed by atoms with Crippen LogP contribution in [0.15, 0.2) is 49.1 Å². The third kappa shape index (κ3) is 6.96. The molecule has 0 unspecified atom stereocenters. The zero-order valence-electron chi connectivity index (χ0n) is 6.46. The summed E-state index contributed by atoms with van der Waals surface area (Å²) in [5.74, 6) is 0. The minimum atomic E-state index is 1.09. The van der Waals surface area contributed by atoms with Crippen LogP contribution in [0.4, 0.5) is 0 Å². The molecule has 0 saturated heterocycles. The summed E-state index contributed by atoms with van der Waals surface area (Å²) in [6.45, 7) is 5.67. The average molecular weight is 134 g/mol. The summed E-state index contributed by atoms with van der Waals surface area (Å²) in [6.07, 6.45) is 14.8. The van der Waals surface area contributed by atoms with Crippen LogP contribution < -0.4 is 0 Å². The maximum atomic E-state index is 3.56.